The molecule has 1 atom stereocenters. The SMILES string of the molecule is Cc1ccc2c(c1)-c1cc(C)nn1C(c1cccc3ccccc13)N2. The average Bonchev–Trinajstić information content (AvgIpc) is 3.02. The molecule has 3 heteroatoms. The number of aryl methyl sites for hydroxylation is 2. The molecule has 1 unspecified atom stereocenters. The monoisotopic (exact) mass is 325 g/mol. The van der Waals surface area contributed by atoms with Gasteiger partial charge >= 0.3 is 0 Å². The lowest BCUT2D eigenvalue weighted by Crippen LogP contribution is -2.26. The minimum absolute atomic E-state index is 0.00925. The van der Waals surface area contributed by atoms with Gasteiger partial charge in [-0.3, -0.25) is 0 Å². The Balaban J connectivity index is 1.77. The number of anilines is 1. The summed E-state index contributed by atoms with van der Waals surface area (Å²) >= 11 is 0. The molecule has 1 aromatic heterocycles. The van der Waals surface area contributed by atoms with Crippen molar-refractivity contribution in [3.05, 3.63) is 83.6 Å². The van der Waals surface area contributed by atoms with Crippen LogP contribution in [0.3, 0.4) is 0 Å². The van der Waals surface area contributed by atoms with Crippen LogP contribution in [0.15, 0.2) is 66.7 Å². The highest BCUT2D eigenvalue weighted by Gasteiger charge is 2.27. The van der Waals surface area contributed by atoms with Gasteiger partial charge < -0.3 is 5.32 Å². The summed E-state index contributed by atoms with van der Waals surface area (Å²) < 4.78 is 2.12. The minimum Gasteiger partial charge on any atom is -0.359 e. The zero-order chi connectivity index (χ0) is 17.0. The van der Waals surface area contributed by atoms with Gasteiger partial charge in [0.25, 0.3) is 0 Å². The summed E-state index contributed by atoms with van der Waals surface area (Å²) in [7, 11) is 0. The first-order valence-corrected chi connectivity index (χ1v) is 8.62. The van der Waals surface area contributed by atoms with E-state index >= 15 is 0 Å². The molecule has 4 aromatic rings. The molecule has 2 heterocycles. The largest absolute Gasteiger partial charge is 0.359 e. The van der Waals surface area contributed by atoms with Crippen LogP contribution in [-0.4, -0.2) is 9.78 Å². The minimum atomic E-state index is -0.00925. The molecule has 0 saturated carbocycles. The van der Waals surface area contributed by atoms with Gasteiger partial charge in [-0.15, -0.1) is 0 Å². The van der Waals surface area contributed by atoms with E-state index in [-0.39, 0.29) is 6.17 Å². The predicted molar refractivity (Wildman–Crippen MR) is 103 cm³/mol. The maximum Gasteiger partial charge on any atom is 0.147 e. The van der Waals surface area contributed by atoms with Gasteiger partial charge in [0.15, 0.2) is 0 Å². The smallest absolute Gasteiger partial charge is 0.147 e. The summed E-state index contributed by atoms with van der Waals surface area (Å²) in [5, 5.41) is 11.0. The second kappa shape index (κ2) is 5.21. The van der Waals surface area contributed by atoms with E-state index in [0.29, 0.717) is 0 Å². The summed E-state index contributed by atoms with van der Waals surface area (Å²) in [6.07, 6.45) is -0.00925. The summed E-state index contributed by atoms with van der Waals surface area (Å²) in [5.74, 6) is 0. The van der Waals surface area contributed by atoms with Gasteiger partial charge in [0.05, 0.1) is 11.4 Å². The molecule has 25 heavy (non-hydrogen) atoms. The third-order valence-electron chi connectivity index (χ3n) is 4.96. The Hall–Kier alpha value is -3.07. The van der Waals surface area contributed by atoms with Crippen molar-refractivity contribution >= 4 is 16.5 Å². The molecule has 0 saturated heterocycles. The standard InChI is InChI=1S/C22H19N3/c1-14-10-11-20-19(12-14)21-13-15(2)24-25(21)22(23-20)18-9-5-7-16-6-3-4-8-17(16)18/h3-13,22-23H,1-2H3. The van der Waals surface area contributed by atoms with E-state index in [4.69, 9.17) is 5.10 Å². The molecule has 3 aromatic carbocycles. The van der Waals surface area contributed by atoms with Crippen LogP contribution in [0.1, 0.15) is 23.0 Å². The zero-order valence-corrected chi connectivity index (χ0v) is 14.3. The van der Waals surface area contributed by atoms with Gasteiger partial charge in [0.2, 0.25) is 0 Å². The van der Waals surface area contributed by atoms with Crippen molar-refractivity contribution in [3.8, 4) is 11.3 Å². The van der Waals surface area contributed by atoms with E-state index in [2.05, 4.69) is 90.6 Å². The molecule has 0 fully saturated rings. The van der Waals surface area contributed by atoms with E-state index < -0.39 is 0 Å². The average molecular weight is 325 g/mol. The molecule has 1 aliphatic heterocycles. The number of nitrogens with zero attached hydrogens (tertiary/aromatic N) is 2. The zero-order valence-electron chi connectivity index (χ0n) is 14.3. The lowest BCUT2D eigenvalue weighted by Gasteiger charge is -2.30. The van der Waals surface area contributed by atoms with E-state index in [1.54, 1.807) is 0 Å². The first-order valence-electron chi connectivity index (χ1n) is 8.62. The number of rotatable bonds is 1. The van der Waals surface area contributed by atoms with Crippen molar-refractivity contribution in [2.24, 2.45) is 0 Å². The van der Waals surface area contributed by atoms with E-state index in [1.165, 1.54) is 33.2 Å². The van der Waals surface area contributed by atoms with Gasteiger partial charge in [-0.1, -0.05) is 54.1 Å². The number of nitrogens with one attached hydrogen (secondary N) is 1. The van der Waals surface area contributed by atoms with E-state index in [1.807, 2.05) is 0 Å². The summed E-state index contributed by atoms with van der Waals surface area (Å²) in [6.45, 7) is 4.19. The molecule has 122 valence electrons. The highest BCUT2D eigenvalue weighted by Crippen LogP contribution is 2.40. The highest BCUT2D eigenvalue weighted by molar-refractivity contribution is 5.87. The third-order valence-corrected chi connectivity index (χ3v) is 4.96. The third kappa shape index (κ3) is 2.16. The Bertz CT molecular complexity index is 1100. The lowest BCUT2D eigenvalue weighted by molar-refractivity contribution is 0.574. The maximum absolute atomic E-state index is 4.80. The van der Waals surface area contributed by atoms with Gasteiger partial charge in [-0.25, -0.2) is 4.68 Å². The lowest BCUT2D eigenvalue weighted by atomic mass is 9.98. The van der Waals surface area contributed by atoms with Crippen LogP contribution in [-0.2, 0) is 0 Å². The van der Waals surface area contributed by atoms with Crippen molar-refractivity contribution in [1.82, 2.24) is 9.78 Å². The number of aromatic nitrogens is 2. The Kier molecular flexibility index (Phi) is 2.98. The van der Waals surface area contributed by atoms with Crippen LogP contribution in [0.5, 0.6) is 0 Å². The summed E-state index contributed by atoms with van der Waals surface area (Å²) in [5.41, 5.74) is 7.10. The molecule has 1 aliphatic rings. The molecule has 0 aliphatic carbocycles. The van der Waals surface area contributed by atoms with Crippen molar-refractivity contribution in [2.45, 2.75) is 20.0 Å². The van der Waals surface area contributed by atoms with Crippen LogP contribution in [0.2, 0.25) is 0 Å². The number of hydrogen-bond donors (Lipinski definition) is 1. The molecule has 3 nitrogen and oxygen atoms in total. The maximum atomic E-state index is 4.80. The number of fused-ring (bicyclic) bond motifs is 4. The summed E-state index contributed by atoms with van der Waals surface area (Å²) in [4.78, 5) is 0. The normalized spacial score (nSPS) is 15.5. The van der Waals surface area contributed by atoms with Crippen molar-refractivity contribution in [3.63, 3.8) is 0 Å². The fourth-order valence-electron chi connectivity index (χ4n) is 3.82. The molecular formula is C22H19N3. The predicted octanol–water partition coefficient (Wildman–Crippen LogP) is 5.29. The Morgan fingerprint density at radius 2 is 1.76 bits per heavy atom. The van der Waals surface area contributed by atoms with Gasteiger partial charge in [0, 0.05) is 16.8 Å². The van der Waals surface area contributed by atoms with Crippen LogP contribution in [0.25, 0.3) is 22.0 Å². The fraction of sp³-hybridized carbons (Fsp3) is 0.136. The van der Waals surface area contributed by atoms with Crippen molar-refractivity contribution < 1.29 is 0 Å². The number of benzene rings is 3. The van der Waals surface area contributed by atoms with Crippen LogP contribution in [0.4, 0.5) is 5.69 Å². The van der Waals surface area contributed by atoms with E-state index in [9.17, 15) is 0 Å². The van der Waals surface area contributed by atoms with Gasteiger partial charge in [0.1, 0.15) is 6.17 Å². The van der Waals surface area contributed by atoms with Crippen molar-refractivity contribution in [2.75, 3.05) is 5.32 Å². The van der Waals surface area contributed by atoms with Crippen molar-refractivity contribution in [1.29, 1.82) is 0 Å². The molecule has 0 radical (unpaired) electrons. The molecule has 1 N–H and O–H groups in total. The van der Waals surface area contributed by atoms with Crippen LogP contribution < -0.4 is 5.32 Å². The highest BCUT2D eigenvalue weighted by atomic mass is 15.4. The quantitative estimate of drug-likeness (QED) is 0.515. The molecule has 0 bridgehead atoms. The first kappa shape index (κ1) is 14.3. The van der Waals surface area contributed by atoms with Gasteiger partial charge in [-0.2, -0.15) is 5.10 Å². The fourth-order valence-corrected chi connectivity index (χ4v) is 3.82. The molecule has 5 rings (SSSR count). The van der Waals surface area contributed by atoms with Gasteiger partial charge in [-0.05, 0) is 42.8 Å². The molecule has 0 spiro atoms. The van der Waals surface area contributed by atoms with Crippen LogP contribution in [0, 0.1) is 13.8 Å². The first-order chi connectivity index (χ1) is 12.2. The topological polar surface area (TPSA) is 29.9 Å². The second-order valence-corrected chi connectivity index (χ2v) is 6.78. The second-order valence-electron chi connectivity index (χ2n) is 6.78. The Morgan fingerprint density at radius 1 is 0.920 bits per heavy atom. The summed E-state index contributed by atoms with van der Waals surface area (Å²) in [6, 6.07) is 23.8. The molecular weight excluding hydrogens is 306 g/mol. The Morgan fingerprint density at radius 3 is 2.68 bits per heavy atom. The number of hydrogen-bond acceptors (Lipinski definition) is 2. The Labute approximate surface area is 146 Å². The molecule has 0 amide bonds. The van der Waals surface area contributed by atoms with Crippen LogP contribution >= 0.6 is 0 Å². The van der Waals surface area contributed by atoms with E-state index in [0.717, 1.165) is 11.4 Å².